The van der Waals surface area contributed by atoms with E-state index in [1.165, 1.54) is 11.0 Å². The Balaban J connectivity index is 1.65. The average Bonchev–Trinajstić information content (AvgIpc) is 2.82. The molecule has 2 aromatic rings. The van der Waals surface area contributed by atoms with E-state index in [0.717, 1.165) is 31.4 Å². The van der Waals surface area contributed by atoms with Crippen LogP contribution in [0.25, 0.3) is 0 Å². The number of halogens is 2. The lowest BCUT2D eigenvalue weighted by molar-refractivity contribution is -0.143. The minimum absolute atomic E-state index is 0.0591. The Kier molecular flexibility index (Phi) is 8.78. The van der Waals surface area contributed by atoms with Crippen LogP contribution in [0.4, 0.5) is 13.6 Å². The second-order valence-corrected chi connectivity index (χ2v) is 9.11. The highest BCUT2D eigenvalue weighted by Gasteiger charge is 2.33. The van der Waals surface area contributed by atoms with E-state index in [0.29, 0.717) is 29.7 Å². The summed E-state index contributed by atoms with van der Waals surface area (Å²) in [6, 6.07) is 9.03. The van der Waals surface area contributed by atoms with Crippen molar-refractivity contribution in [2.75, 3.05) is 14.1 Å². The monoisotopic (exact) mass is 488 g/mol. The minimum Gasteiger partial charge on any atom is -0.480 e. The van der Waals surface area contributed by atoms with Crippen LogP contribution in [-0.2, 0) is 22.4 Å². The molecule has 3 unspecified atom stereocenters. The molecule has 3 atom stereocenters. The summed E-state index contributed by atoms with van der Waals surface area (Å²) in [5, 5.41) is 12.4. The number of carbonyl (C=O) groups is 3. The van der Waals surface area contributed by atoms with Crippen molar-refractivity contribution in [3.05, 3.63) is 65.2 Å². The molecule has 0 spiro atoms. The zero-order valence-electron chi connectivity index (χ0n) is 19.8. The molecule has 1 saturated carbocycles. The molecule has 0 radical (unpaired) electrons. The van der Waals surface area contributed by atoms with Crippen LogP contribution in [0.5, 0.6) is 5.75 Å². The van der Waals surface area contributed by atoms with Gasteiger partial charge in [0.05, 0.1) is 0 Å². The molecule has 35 heavy (non-hydrogen) atoms. The van der Waals surface area contributed by atoms with Crippen LogP contribution in [0.3, 0.4) is 0 Å². The van der Waals surface area contributed by atoms with E-state index in [9.17, 15) is 28.3 Å². The zero-order valence-corrected chi connectivity index (χ0v) is 19.8. The molecular weight excluding hydrogens is 458 g/mol. The van der Waals surface area contributed by atoms with E-state index in [1.54, 1.807) is 38.4 Å². The molecule has 0 heterocycles. The summed E-state index contributed by atoms with van der Waals surface area (Å²) < 4.78 is 32.1. The lowest BCUT2D eigenvalue weighted by atomic mass is 9.75. The molecule has 0 bridgehead atoms. The third-order valence-electron chi connectivity index (χ3n) is 6.28. The Labute approximate surface area is 203 Å². The Hall–Kier alpha value is -3.49. The summed E-state index contributed by atoms with van der Waals surface area (Å²) in [6.45, 7) is 0. The van der Waals surface area contributed by atoms with Crippen molar-refractivity contribution < 1.29 is 33.0 Å². The molecule has 1 aliphatic carbocycles. The predicted octanol–water partition coefficient (Wildman–Crippen LogP) is 4.19. The van der Waals surface area contributed by atoms with Gasteiger partial charge < -0.3 is 20.1 Å². The largest absolute Gasteiger partial charge is 0.480 e. The van der Waals surface area contributed by atoms with E-state index < -0.39 is 35.7 Å². The molecule has 0 aromatic heterocycles. The van der Waals surface area contributed by atoms with Crippen molar-refractivity contribution in [1.82, 2.24) is 10.2 Å². The van der Waals surface area contributed by atoms with Gasteiger partial charge in [-0.25, -0.2) is 18.4 Å². The summed E-state index contributed by atoms with van der Waals surface area (Å²) in [6.07, 6.45) is 3.07. The maximum atomic E-state index is 13.6. The van der Waals surface area contributed by atoms with E-state index in [4.69, 9.17) is 4.74 Å². The summed E-state index contributed by atoms with van der Waals surface area (Å²) in [5.41, 5.74) is 1.27. The maximum Gasteiger partial charge on any atom is 0.414 e. The first-order valence-electron chi connectivity index (χ1n) is 11.6. The quantitative estimate of drug-likeness (QED) is 0.581. The van der Waals surface area contributed by atoms with E-state index in [-0.39, 0.29) is 18.2 Å². The highest BCUT2D eigenvalue weighted by atomic mass is 19.2. The molecular formula is C26H30F2N2O5. The fourth-order valence-corrected chi connectivity index (χ4v) is 4.37. The van der Waals surface area contributed by atoms with Crippen LogP contribution in [0.2, 0.25) is 0 Å². The molecule has 9 heteroatoms. The Morgan fingerprint density at radius 1 is 1.03 bits per heavy atom. The third kappa shape index (κ3) is 7.24. The fourth-order valence-electron chi connectivity index (χ4n) is 4.37. The number of benzene rings is 2. The topological polar surface area (TPSA) is 95.9 Å². The number of amides is 2. The summed E-state index contributed by atoms with van der Waals surface area (Å²) in [4.78, 5) is 37.9. The first-order valence-corrected chi connectivity index (χ1v) is 11.6. The van der Waals surface area contributed by atoms with Crippen molar-refractivity contribution in [3.63, 3.8) is 0 Å². The number of carbonyl (C=O) groups excluding carboxylic acids is 2. The van der Waals surface area contributed by atoms with Gasteiger partial charge in [0, 0.05) is 26.4 Å². The second kappa shape index (κ2) is 11.8. The zero-order chi connectivity index (χ0) is 25.5. The number of ether oxygens (including phenoxy) is 1. The fraction of sp³-hybridized carbons (Fsp3) is 0.423. The van der Waals surface area contributed by atoms with Crippen molar-refractivity contribution in [2.24, 2.45) is 11.8 Å². The Morgan fingerprint density at radius 2 is 1.69 bits per heavy atom. The summed E-state index contributed by atoms with van der Waals surface area (Å²) in [7, 11) is 3.12. The van der Waals surface area contributed by atoms with Crippen LogP contribution < -0.4 is 10.1 Å². The number of nitrogens with zero attached hydrogens (tertiary/aromatic N) is 1. The van der Waals surface area contributed by atoms with Gasteiger partial charge in [-0.3, -0.25) is 4.79 Å². The first-order chi connectivity index (χ1) is 16.6. The molecule has 0 aliphatic heterocycles. The van der Waals surface area contributed by atoms with Gasteiger partial charge in [0.25, 0.3) is 0 Å². The standard InChI is InChI=1S/C26H30F2N2O5/c1-30(2)26(34)35-19-10-7-16(8-11-19)15-23(25(32)33)29-24(31)20-6-4-3-5-18(20)13-17-9-12-21(27)22(28)14-17/h7-12,14,18,20,23H,3-6,13,15H2,1-2H3,(H,29,31)(H,32,33). The Morgan fingerprint density at radius 3 is 2.31 bits per heavy atom. The smallest absolute Gasteiger partial charge is 0.414 e. The van der Waals surface area contributed by atoms with Crippen LogP contribution in [-0.4, -0.2) is 48.1 Å². The van der Waals surface area contributed by atoms with Gasteiger partial charge in [0.2, 0.25) is 5.91 Å². The number of nitrogens with one attached hydrogen (secondary N) is 1. The second-order valence-electron chi connectivity index (χ2n) is 9.11. The number of carboxylic acids is 1. The van der Waals surface area contributed by atoms with Crippen molar-refractivity contribution in [2.45, 2.75) is 44.6 Å². The van der Waals surface area contributed by atoms with Gasteiger partial charge in [-0.15, -0.1) is 0 Å². The average molecular weight is 489 g/mol. The van der Waals surface area contributed by atoms with Crippen molar-refractivity contribution in [3.8, 4) is 5.75 Å². The summed E-state index contributed by atoms with van der Waals surface area (Å²) in [5.74, 6) is -3.52. The normalized spacial score (nSPS) is 18.4. The van der Waals surface area contributed by atoms with Gasteiger partial charge in [-0.1, -0.05) is 31.0 Å². The molecule has 2 amide bonds. The lowest BCUT2D eigenvalue weighted by Crippen LogP contribution is -2.47. The van der Waals surface area contributed by atoms with Crippen LogP contribution in [0.1, 0.15) is 36.8 Å². The molecule has 3 rings (SSSR count). The molecule has 1 fully saturated rings. The van der Waals surface area contributed by atoms with Crippen LogP contribution in [0, 0.1) is 23.5 Å². The molecule has 1 aliphatic rings. The van der Waals surface area contributed by atoms with Crippen molar-refractivity contribution in [1.29, 1.82) is 0 Å². The number of aliphatic carboxylic acids is 1. The molecule has 2 N–H and O–H groups in total. The van der Waals surface area contributed by atoms with Gasteiger partial charge in [0.1, 0.15) is 11.8 Å². The van der Waals surface area contributed by atoms with E-state index in [1.807, 2.05) is 0 Å². The van der Waals surface area contributed by atoms with Gasteiger partial charge in [-0.05, 0) is 60.6 Å². The van der Waals surface area contributed by atoms with Gasteiger partial charge >= 0.3 is 12.1 Å². The molecule has 7 nitrogen and oxygen atoms in total. The highest BCUT2D eigenvalue weighted by molar-refractivity contribution is 5.85. The third-order valence-corrected chi connectivity index (χ3v) is 6.28. The van der Waals surface area contributed by atoms with Crippen LogP contribution >= 0.6 is 0 Å². The first kappa shape index (κ1) is 26.1. The van der Waals surface area contributed by atoms with Crippen molar-refractivity contribution >= 4 is 18.0 Å². The maximum absolute atomic E-state index is 13.6. The Bertz CT molecular complexity index is 1060. The SMILES string of the molecule is CN(C)C(=O)Oc1ccc(CC(NC(=O)C2CCCCC2Cc2ccc(F)c(F)c2)C(=O)O)cc1. The summed E-state index contributed by atoms with van der Waals surface area (Å²) >= 11 is 0. The number of carboxylic acid groups (broad SMARTS) is 1. The lowest BCUT2D eigenvalue weighted by Gasteiger charge is -2.31. The van der Waals surface area contributed by atoms with Gasteiger partial charge in [-0.2, -0.15) is 0 Å². The minimum atomic E-state index is -1.16. The molecule has 188 valence electrons. The number of hydrogen-bond acceptors (Lipinski definition) is 4. The molecule has 2 aromatic carbocycles. The highest BCUT2D eigenvalue weighted by Crippen LogP contribution is 2.33. The number of hydrogen-bond donors (Lipinski definition) is 2. The van der Waals surface area contributed by atoms with E-state index in [2.05, 4.69) is 5.32 Å². The van der Waals surface area contributed by atoms with Gasteiger partial charge in [0.15, 0.2) is 11.6 Å². The molecule has 0 saturated heterocycles. The van der Waals surface area contributed by atoms with Crippen LogP contribution in [0.15, 0.2) is 42.5 Å². The predicted molar refractivity (Wildman–Crippen MR) is 125 cm³/mol. The number of rotatable bonds is 8. The van der Waals surface area contributed by atoms with E-state index >= 15 is 0 Å².